The Bertz CT molecular complexity index is 588. The molecule has 1 aliphatic carbocycles. The van der Waals surface area contributed by atoms with Crippen molar-refractivity contribution < 1.29 is 4.79 Å². The third kappa shape index (κ3) is 2.28. The van der Waals surface area contributed by atoms with Crippen molar-refractivity contribution in [2.45, 2.75) is 38.6 Å². The average Bonchev–Trinajstić information content (AvgIpc) is 2.90. The van der Waals surface area contributed by atoms with Crippen molar-refractivity contribution in [1.82, 2.24) is 19.3 Å². The van der Waals surface area contributed by atoms with Gasteiger partial charge in [0, 0.05) is 31.7 Å². The summed E-state index contributed by atoms with van der Waals surface area (Å²) in [5, 5.41) is 0. The zero-order valence-corrected chi connectivity index (χ0v) is 12.0. The van der Waals surface area contributed by atoms with Gasteiger partial charge in [0.25, 0.3) is 5.91 Å². The molecule has 106 valence electrons. The molecule has 5 heteroatoms. The summed E-state index contributed by atoms with van der Waals surface area (Å²) in [6.45, 7) is 2.23. The van der Waals surface area contributed by atoms with Crippen molar-refractivity contribution in [2.24, 2.45) is 5.92 Å². The maximum atomic E-state index is 12.6. The molecule has 0 bridgehead atoms. The topological polar surface area (TPSA) is 50.5 Å². The zero-order valence-electron chi connectivity index (χ0n) is 12.0. The molecule has 3 rings (SSSR count). The molecule has 1 fully saturated rings. The van der Waals surface area contributed by atoms with Crippen LogP contribution in [-0.4, -0.2) is 38.3 Å². The van der Waals surface area contributed by atoms with Crippen LogP contribution < -0.4 is 0 Å². The van der Waals surface area contributed by atoms with E-state index in [1.54, 1.807) is 16.8 Å². The Balaban J connectivity index is 1.83. The van der Waals surface area contributed by atoms with Crippen molar-refractivity contribution in [1.29, 1.82) is 0 Å². The molecule has 2 aromatic rings. The second kappa shape index (κ2) is 5.23. The van der Waals surface area contributed by atoms with Gasteiger partial charge in [0.1, 0.15) is 5.69 Å². The minimum atomic E-state index is -0.00532. The number of imidazole rings is 1. The largest absolute Gasteiger partial charge is 0.337 e. The van der Waals surface area contributed by atoms with Crippen molar-refractivity contribution in [3.05, 3.63) is 30.4 Å². The molecule has 2 atom stereocenters. The molecule has 0 saturated heterocycles. The molecule has 0 unspecified atom stereocenters. The van der Waals surface area contributed by atoms with Crippen molar-refractivity contribution in [3.63, 3.8) is 0 Å². The summed E-state index contributed by atoms with van der Waals surface area (Å²) in [5.74, 6) is 1.13. The van der Waals surface area contributed by atoms with Crippen LogP contribution >= 0.6 is 0 Å². The van der Waals surface area contributed by atoms with E-state index in [4.69, 9.17) is 0 Å². The van der Waals surface area contributed by atoms with E-state index in [-0.39, 0.29) is 5.91 Å². The molecule has 0 radical (unpaired) electrons. The molecule has 2 heterocycles. The maximum absolute atomic E-state index is 12.6. The predicted octanol–water partition coefficient (Wildman–Crippen LogP) is 2.38. The van der Waals surface area contributed by atoms with E-state index in [1.165, 1.54) is 19.3 Å². The average molecular weight is 272 g/mol. The molecule has 5 nitrogen and oxygen atoms in total. The van der Waals surface area contributed by atoms with Gasteiger partial charge in [-0.15, -0.1) is 0 Å². The Kier molecular flexibility index (Phi) is 3.42. The highest BCUT2D eigenvalue weighted by molar-refractivity contribution is 5.92. The molecule has 20 heavy (non-hydrogen) atoms. The van der Waals surface area contributed by atoms with Gasteiger partial charge in [-0.3, -0.25) is 9.20 Å². The van der Waals surface area contributed by atoms with E-state index in [0.717, 1.165) is 6.42 Å². The fourth-order valence-corrected chi connectivity index (χ4v) is 3.14. The number of carbonyl (C=O) groups is 1. The Morgan fingerprint density at radius 1 is 1.40 bits per heavy atom. The molecule has 0 aliphatic heterocycles. The van der Waals surface area contributed by atoms with Gasteiger partial charge in [-0.25, -0.2) is 9.97 Å². The lowest BCUT2D eigenvalue weighted by molar-refractivity contribution is 0.0623. The summed E-state index contributed by atoms with van der Waals surface area (Å²) in [5.41, 5.74) is 0.476. The summed E-state index contributed by atoms with van der Waals surface area (Å²) in [7, 11) is 1.90. The van der Waals surface area contributed by atoms with Crippen molar-refractivity contribution in [2.75, 3.05) is 7.05 Å². The van der Waals surface area contributed by atoms with Gasteiger partial charge < -0.3 is 4.90 Å². The first-order valence-corrected chi connectivity index (χ1v) is 7.23. The second-order valence-corrected chi connectivity index (χ2v) is 5.70. The lowest BCUT2D eigenvalue weighted by Gasteiger charge is -2.35. The van der Waals surface area contributed by atoms with Gasteiger partial charge in [-0.05, 0) is 24.8 Å². The van der Waals surface area contributed by atoms with Crippen LogP contribution in [0.25, 0.3) is 5.78 Å². The van der Waals surface area contributed by atoms with Crippen LogP contribution in [0.1, 0.15) is 43.1 Å². The predicted molar refractivity (Wildman–Crippen MR) is 76.5 cm³/mol. The number of carbonyl (C=O) groups excluding carboxylic acids is 1. The first-order valence-electron chi connectivity index (χ1n) is 7.23. The minimum absolute atomic E-state index is 0.00532. The number of aromatic nitrogens is 3. The van der Waals surface area contributed by atoms with Gasteiger partial charge in [-0.2, -0.15) is 0 Å². The van der Waals surface area contributed by atoms with Gasteiger partial charge in [0.05, 0.1) is 0 Å². The quantitative estimate of drug-likeness (QED) is 0.843. The Morgan fingerprint density at radius 2 is 2.20 bits per heavy atom. The molecule has 0 aromatic carbocycles. The smallest absolute Gasteiger partial charge is 0.274 e. The SMILES string of the molecule is C[C@H]1CCCC[C@@H]1N(C)C(=O)c1cn2cccnc2n1. The highest BCUT2D eigenvalue weighted by atomic mass is 16.2. The van der Waals surface area contributed by atoms with Crippen LogP contribution in [0.5, 0.6) is 0 Å². The fraction of sp³-hybridized carbons (Fsp3) is 0.533. The molecular formula is C15H20N4O. The zero-order chi connectivity index (χ0) is 14.1. The van der Waals surface area contributed by atoms with Gasteiger partial charge in [0.2, 0.25) is 5.78 Å². The molecule has 1 saturated carbocycles. The Hall–Kier alpha value is -1.91. The van der Waals surface area contributed by atoms with Crippen molar-refractivity contribution in [3.8, 4) is 0 Å². The summed E-state index contributed by atoms with van der Waals surface area (Å²) in [6, 6.07) is 2.16. The summed E-state index contributed by atoms with van der Waals surface area (Å²) in [4.78, 5) is 22.9. The van der Waals surface area contributed by atoms with Crippen LogP contribution in [0.15, 0.2) is 24.7 Å². The first-order chi connectivity index (χ1) is 9.66. The summed E-state index contributed by atoms with van der Waals surface area (Å²) < 4.78 is 1.78. The molecular weight excluding hydrogens is 252 g/mol. The maximum Gasteiger partial charge on any atom is 0.274 e. The summed E-state index contributed by atoms with van der Waals surface area (Å²) in [6.07, 6.45) is 10.1. The number of hydrogen-bond acceptors (Lipinski definition) is 3. The standard InChI is InChI=1S/C15H20N4O/c1-11-6-3-4-7-13(11)18(2)14(20)12-10-19-9-5-8-16-15(19)17-12/h5,8-11,13H,3-4,6-7H2,1-2H3/t11-,13-/m0/s1. The highest BCUT2D eigenvalue weighted by Gasteiger charge is 2.29. The minimum Gasteiger partial charge on any atom is -0.337 e. The van der Waals surface area contributed by atoms with Gasteiger partial charge in [-0.1, -0.05) is 19.8 Å². The third-order valence-electron chi connectivity index (χ3n) is 4.34. The number of fused-ring (bicyclic) bond motifs is 1. The normalized spacial score (nSPS) is 22.9. The summed E-state index contributed by atoms with van der Waals surface area (Å²) >= 11 is 0. The van der Waals surface area contributed by atoms with Crippen LogP contribution in [0.3, 0.4) is 0 Å². The molecule has 1 amide bonds. The van der Waals surface area contributed by atoms with E-state index < -0.39 is 0 Å². The molecule has 0 N–H and O–H groups in total. The Morgan fingerprint density at radius 3 is 2.95 bits per heavy atom. The van der Waals surface area contributed by atoms with E-state index in [2.05, 4.69) is 16.9 Å². The Labute approximate surface area is 118 Å². The molecule has 2 aromatic heterocycles. The van der Waals surface area contributed by atoms with E-state index >= 15 is 0 Å². The highest BCUT2D eigenvalue weighted by Crippen LogP contribution is 2.28. The lowest BCUT2D eigenvalue weighted by atomic mass is 9.85. The van der Waals surface area contributed by atoms with E-state index in [9.17, 15) is 4.79 Å². The number of hydrogen-bond donors (Lipinski definition) is 0. The van der Waals surface area contributed by atoms with Gasteiger partial charge >= 0.3 is 0 Å². The van der Waals surface area contributed by atoms with Crippen LogP contribution in [0, 0.1) is 5.92 Å². The second-order valence-electron chi connectivity index (χ2n) is 5.70. The van der Waals surface area contributed by atoms with E-state index in [1.807, 2.05) is 24.2 Å². The monoisotopic (exact) mass is 272 g/mol. The lowest BCUT2D eigenvalue weighted by Crippen LogP contribution is -2.42. The van der Waals surface area contributed by atoms with Crippen LogP contribution in [0.2, 0.25) is 0 Å². The third-order valence-corrected chi connectivity index (χ3v) is 4.34. The first kappa shape index (κ1) is 13.1. The fourth-order valence-electron chi connectivity index (χ4n) is 3.14. The molecule has 1 aliphatic rings. The van der Waals surface area contributed by atoms with Crippen LogP contribution in [0.4, 0.5) is 0 Å². The number of nitrogens with zero attached hydrogens (tertiary/aromatic N) is 4. The van der Waals surface area contributed by atoms with Crippen molar-refractivity contribution >= 4 is 11.7 Å². The van der Waals surface area contributed by atoms with Crippen LogP contribution in [-0.2, 0) is 0 Å². The molecule has 0 spiro atoms. The number of amides is 1. The van der Waals surface area contributed by atoms with Gasteiger partial charge in [0.15, 0.2) is 0 Å². The number of rotatable bonds is 2. The van der Waals surface area contributed by atoms with E-state index in [0.29, 0.717) is 23.4 Å².